The summed E-state index contributed by atoms with van der Waals surface area (Å²) < 4.78 is 74.3. The average molecular weight is 977 g/mol. The molecule has 2 fully saturated rings. The molecule has 0 aliphatic carbocycles. The minimum atomic E-state index is -5.19. The number of thiocarbonyl (C=S) groups is 1. The number of pyridine rings is 1. The van der Waals surface area contributed by atoms with Gasteiger partial charge in [-0.15, -0.1) is 11.3 Å². The predicted octanol–water partition coefficient (Wildman–Crippen LogP) is 8.16. The van der Waals surface area contributed by atoms with Crippen LogP contribution in [0.2, 0.25) is 0 Å². The van der Waals surface area contributed by atoms with Crippen molar-refractivity contribution in [1.29, 1.82) is 5.26 Å². The molecule has 2 aromatic carbocycles. The van der Waals surface area contributed by atoms with Crippen molar-refractivity contribution < 1.29 is 50.9 Å². The number of hydrogen-bond acceptors (Lipinski definition) is 13. The van der Waals surface area contributed by atoms with Crippen LogP contribution in [0.25, 0.3) is 21.9 Å². The highest BCUT2D eigenvalue weighted by atomic mass is 32.1. The molecular formula is C47H48F4N8O7S2. The highest BCUT2D eigenvalue weighted by Crippen LogP contribution is 2.42. The van der Waals surface area contributed by atoms with Gasteiger partial charge in [0.05, 0.1) is 69.9 Å². The summed E-state index contributed by atoms with van der Waals surface area (Å²) in [5.74, 6) is -1.94. The van der Waals surface area contributed by atoms with Gasteiger partial charge in [-0.05, 0) is 99.8 Å². The second-order valence-electron chi connectivity index (χ2n) is 17.9. The summed E-state index contributed by atoms with van der Waals surface area (Å²) in [6, 6.07) is 12.0. The van der Waals surface area contributed by atoms with Crippen LogP contribution in [0.5, 0.6) is 5.75 Å². The van der Waals surface area contributed by atoms with E-state index in [1.807, 2.05) is 27.7 Å². The number of anilines is 2. The summed E-state index contributed by atoms with van der Waals surface area (Å²) >= 11 is 6.95. The molecule has 21 heteroatoms. The van der Waals surface area contributed by atoms with Gasteiger partial charge in [-0.3, -0.25) is 24.3 Å². The lowest BCUT2D eigenvalue weighted by atomic mass is 9.85. The second kappa shape index (κ2) is 19.7. The van der Waals surface area contributed by atoms with E-state index < -0.39 is 69.8 Å². The van der Waals surface area contributed by atoms with Crippen LogP contribution in [-0.2, 0) is 25.3 Å². The molecule has 3 aromatic heterocycles. The number of unbranched alkanes of at least 4 members (excludes halogenated alkanes) is 1. The number of aliphatic hydroxyl groups excluding tert-OH is 1. The number of carbonyl (C=O) groups excluding carboxylic acids is 3. The average Bonchev–Trinajstić information content (AvgIpc) is 4.07. The molecule has 2 aliphatic heterocycles. The van der Waals surface area contributed by atoms with Crippen molar-refractivity contribution in [3.63, 3.8) is 0 Å². The monoisotopic (exact) mass is 976 g/mol. The van der Waals surface area contributed by atoms with Crippen molar-refractivity contribution in [3.05, 3.63) is 95.0 Å². The summed E-state index contributed by atoms with van der Waals surface area (Å²) in [6.07, 6.45) is -1.49. The highest BCUT2D eigenvalue weighted by Gasteiger charge is 2.52. The zero-order valence-electron chi connectivity index (χ0n) is 37.9. The minimum absolute atomic E-state index is 0.0653. The summed E-state index contributed by atoms with van der Waals surface area (Å²) in [7, 11) is 0. The number of thiazole rings is 1. The largest absolute Gasteiger partial charge is 0.494 e. The highest BCUT2D eigenvalue weighted by molar-refractivity contribution is 7.81. The number of β-amino-alcohol motifs (C(OH)–C–C–N with tert-alkyl or cyclic N) is 1. The van der Waals surface area contributed by atoms with E-state index in [1.54, 1.807) is 48.1 Å². The van der Waals surface area contributed by atoms with Crippen molar-refractivity contribution in [3.8, 4) is 33.7 Å². The number of nitriles is 1. The Morgan fingerprint density at radius 2 is 1.78 bits per heavy atom. The fourth-order valence-electron chi connectivity index (χ4n) is 8.01. The molecule has 0 radical (unpaired) electrons. The molecule has 0 spiro atoms. The molecule has 3 atom stereocenters. The number of rotatable bonds is 15. The zero-order valence-corrected chi connectivity index (χ0v) is 39.5. The molecule has 5 heterocycles. The Morgan fingerprint density at radius 1 is 1.06 bits per heavy atom. The number of oxazole rings is 1. The molecule has 0 saturated carbocycles. The van der Waals surface area contributed by atoms with Crippen molar-refractivity contribution in [2.24, 2.45) is 5.41 Å². The Hall–Kier alpha value is -6.34. The van der Waals surface area contributed by atoms with Crippen LogP contribution >= 0.6 is 23.6 Å². The lowest BCUT2D eigenvalue weighted by Crippen LogP contribution is -2.55. The summed E-state index contributed by atoms with van der Waals surface area (Å²) in [4.78, 5) is 58.3. The van der Waals surface area contributed by atoms with E-state index in [2.05, 4.69) is 20.3 Å². The van der Waals surface area contributed by atoms with E-state index in [0.29, 0.717) is 53.1 Å². The van der Waals surface area contributed by atoms with Crippen LogP contribution in [-0.4, -0.2) is 91.8 Å². The Balaban J connectivity index is 0.869. The van der Waals surface area contributed by atoms with Crippen LogP contribution in [0.3, 0.4) is 0 Å². The maximum atomic E-state index is 15.4. The normalized spacial score (nSPS) is 17.7. The SMILES string of the molecule is Cc1ncsc1-c1cnc([C@@H]2C[C@@H](O)CN2C(=O)[C@@H](NC(=O)COCCCCOc2ccc(-c3ccc(N4C(=S)N(c5ccc(C#N)c(C(F)(F)F)c5F)C(=O)C4(C)C)cn3)cc2)C(C)(C)C)o1. The number of aromatic nitrogens is 3. The van der Waals surface area contributed by atoms with E-state index in [9.17, 15) is 37.9 Å². The maximum absolute atomic E-state index is 15.4. The number of likely N-dealkylation sites (tertiary alicyclic amines) is 1. The number of ether oxygens (including phenoxy) is 2. The first-order valence-corrected chi connectivity index (χ1v) is 22.8. The van der Waals surface area contributed by atoms with Gasteiger partial charge in [0.15, 0.2) is 16.7 Å². The number of carbonyl (C=O) groups is 3. The van der Waals surface area contributed by atoms with Crippen LogP contribution in [0, 0.1) is 29.5 Å². The van der Waals surface area contributed by atoms with E-state index in [1.165, 1.54) is 47.3 Å². The van der Waals surface area contributed by atoms with Crippen molar-refractivity contribution in [2.45, 2.75) is 90.7 Å². The molecule has 0 unspecified atom stereocenters. The molecule has 5 aromatic rings. The summed E-state index contributed by atoms with van der Waals surface area (Å²) in [6.45, 7) is 10.9. The van der Waals surface area contributed by atoms with Crippen LogP contribution < -0.4 is 19.9 Å². The fraction of sp³-hybridized carbons (Fsp3) is 0.404. The standard InChI is InChI=1S/C47H48F4N8O7S2/c1-26-39(68-25-55-26)35-22-54-41(66-35)34-19-30(60)23-57(34)42(62)40(45(2,3)4)56-36(61)24-64-17-7-8-18-65-31-13-9-27(10-14-31)32-15-12-29(21-53-32)59-44(67)58(43(63)46(59,5)6)33-16-11-28(20-52)37(38(33)48)47(49,50)51/h9-16,21-22,25,30,34,40,60H,7-8,17-19,23-24H2,1-6H3,(H,56,61)/t30-,34+,40-/m1/s1. The van der Waals surface area contributed by atoms with Gasteiger partial charge in [0.2, 0.25) is 17.7 Å². The Kier molecular flexibility index (Phi) is 14.4. The lowest BCUT2D eigenvalue weighted by molar-refractivity contribution is -0.142. The predicted molar refractivity (Wildman–Crippen MR) is 247 cm³/mol. The van der Waals surface area contributed by atoms with Crippen molar-refractivity contribution >= 4 is 57.8 Å². The molecule has 68 heavy (non-hydrogen) atoms. The molecule has 358 valence electrons. The molecule has 15 nitrogen and oxygen atoms in total. The minimum Gasteiger partial charge on any atom is -0.494 e. The number of benzene rings is 2. The molecular weight excluding hydrogens is 929 g/mol. The Morgan fingerprint density at radius 3 is 2.41 bits per heavy atom. The van der Waals surface area contributed by atoms with Gasteiger partial charge in [0, 0.05) is 25.1 Å². The molecule has 2 N–H and O–H groups in total. The van der Waals surface area contributed by atoms with Crippen LogP contribution in [0.1, 0.15) is 82.6 Å². The van der Waals surface area contributed by atoms with Crippen LogP contribution in [0.15, 0.2) is 70.9 Å². The molecule has 3 amide bonds. The molecule has 2 saturated heterocycles. The van der Waals surface area contributed by atoms with Crippen LogP contribution in [0.4, 0.5) is 28.9 Å². The van der Waals surface area contributed by atoms with Gasteiger partial charge in [-0.1, -0.05) is 20.8 Å². The molecule has 7 rings (SSSR count). The topological polar surface area (TPSA) is 187 Å². The van der Waals surface area contributed by atoms with Gasteiger partial charge in [0.1, 0.15) is 35.5 Å². The third-order valence-electron chi connectivity index (χ3n) is 11.5. The van der Waals surface area contributed by atoms with Gasteiger partial charge in [-0.2, -0.15) is 18.4 Å². The third-order valence-corrected chi connectivity index (χ3v) is 12.8. The van der Waals surface area contributed by atoms with E-state index >= 15 is 4.39 Å². The Labute approximate surface area is 398 Å². The number of hydrogen-bond donors (Lipinski definition) is 2. The number of aryl methyl sites for hydroxylation is 1. The van der Waals surface area contributed by atoms with E-state index in [-0.39, 0.29) is 37.2 Å². The number of nitrogens with zero attached hydrogens (tertiary/aromatic N) is 7. The van der Waals surface area contributed by atoms with E-state index in [4.69, 9.17) is 26.1 Å². The fourth-order valence-corrected chi connectivity index (χ4v) is 9.28. The smallest absolute Gasteiger partial charge is 0.420 e. The van der Waals surface area contributed by atoms with Gasteiger partial charge in [-0.25, -0.2) is 14.4 Å². The zero-order chi connectivity index (χ0) is 49.3. The number of amides is 3. The van der Waals surface area contributed by atoms with E-state index in [0.717, 1.165) is 28.3 Å². The Bertz CT molecular complexity index is 2730. The van der Waals surface area contributed by atoms with Crippen molar-refractivity contribution in [1.82, 2.24) is 25.2 Å². The number of nitrogens with one attached hydrogen (secondary N) is 1. The first kappa shape index (κ1) is 49.6. The van der Waals surface area contributed by atoms with Crippen molar-refractivity contribution in [2.75, 3.05) is 36.2 Å². The van der Waals surface area contributed by atoms with Gasteiger partial charge >= 0.3 is 6.18 Å². The first-order valence-electron chi connectivity index (χ1n) is 21.5. The first-order chi connectivity index (χ1) is 32.1. The van der Waals surface area contributed by atoms with Gasteiger partial charge in [0.25, 0.3) is 5.91 Å². The third kappa shape index (κ3) is 10.2. The maximum Gasteiger partial charge on any atom is 0.420 e. The number of alkyl halides is 3. The second-order valence-corrected chi connectivity index (χ2v) is 19.1. The summed E-state index contributed by atoms with van der Waals surface area (Å²) in [5.41, 5.74) is -1.39. The molecule has 0 bridgehead atoms. The number of aliphatic hydroxyl groups is 1. The van der Waals surface area contributed by atoms with Gasteiger partial charge < -0.3 is 34.1 Å². The molecule has 2 aliphatic rings. The lowest BCUT2D eigenvalue weighted by Gasteiger charge is -2.35. The summed E-state index contributed by atoms with van der Waals surface area (Å²) in [5, 5.41) is 22.3. The quantitative estimate of drug-likeness (QED) is 0.0582. The number of halogens is 4.